The predicted octanol–water partition coefficient (Wildman–Crippen LogP) is 4.81. The van der Waals surface area contributed by atoms with Crippen LogP contribution in [0.25, 0.3) is 20.4 Å². The van der Waals surface area contributed by atoms with E-state index in [4.69, 9.17) is 27.8 Å². The Hall–Kier alpha value is -2.09. The molecule has 0 aliphatic heterocycles. The van der Waals surface area contributed by atoms with Gasteiger partial charge in [-0.25, -0.2) is 9.97 Å². The highest BCUT2D eigenvalue weighted by Gasteiger charge is 2.02. The van der Waals surface area contributed by atoms with E-state index in [2.05, 4.69) is 9.97 Å². The molecule has 124 valence electrons. The molecule has 24 heavy (non-hydrogen) atoms. The van der Waals surface area contributed by atoms with Crippen LogP contribution in [-0.2, 0) is 0 Å². The molecule has 0 saturated heterocycles. The molecule has 0 amide bonds. The molecule has 0 aliphatic rings. The molecule has 8 heteroatoms. The van der Waals surface area contributed by atoms with Gasteiger partial charge >= 0.3 is 0 Å². The first-order valence-corrected chi connectivity index (χ1v) is 9.16. The largest absolute Gasteiger partial charge is 0.494 e. The van der Waals surface area contributed by atoms with Crippen molar-refractivity contribution < 1.29 is 4.74 Å². The number of thiazole rings is 2. The number of benzene rings is 2. The molecular formula is C16H15ClN4OS2. The Bertz CT molecular complexity index is 983. The van der Waals surface area contributed by atoms with Crippen molar-refractivity contribution >= 4 is 65.0 Å². The third-order valence-electron chi connectivity index (χ3n) is 3.05. The minimum atomic E-state index is 0.585. The van der Waals surface area contributed by atoms with Gasteiger partial charge < -0.3 is 16.2 Å². The van der Waals surface area contributed by atoms with Gasteiger partial charge in [-0.1, -0.05) is 34.3 Å². The van der Waals surface area contributed by atoms with Crippen LogP contribution < -0.4 is 16.2 Å². The number of halogens is 1. The second-order valence-corrected chi connectivity index (χ2v) is 7.34. The molecule has 0 bridgehead atoms. The molecule has 0 unspecified atom stereocenters. The lowest BCUT2D eigenvalue weighted by molar-refractivity contribution is 0.341. The summed E-state index contributed by atoms with van der Waals surface area (Å²) in [4.78, 5) is 8.25. The molecule has 2 aromatic heterocycles. The average molecular weight is 379 g/mol. The van der Waals surface area contributed by atoms with Gasteiger partial charge in [-0.15, -0.1) is 0 Å². The standard InChI is InChI=1S/C9H10N2OS.C7H5ClN2S/c1-2-12-6-3-4-7-8(5-6)13-9(10)11-7;8-4-1-2-5-6(3-4)11-7(9)10-5/h3-5H,2H2,1H3,(H2,10,11);1-3H,(H2,9,10). The average Bonchev–Trinajstić information content (AvgIpc) is 3.08. The highest BCUT2D eigenvalue weighted by molar-refractivity contribution is 7.22. The number of anilines is 2. The monoisotopic (exact) mass is 378 g/mol. The van der Waals surface area contributed by atoms with E-state index in [9.17, 15) is 0 Å². The van der Waals surface area contributed by atoms with E-state index >= 15 is 0 Å². The SMILES string of the molecule is CCOc1ccc2nc(N)sc2c1.Nc1nc2ccc(Cl)cc2s1. The van der Waals surface area contributed by atoms with Crippen molar-refractivity contribution in [1.29, 1.82) is 0 Å². The van der Waals surface area contributed by atoms with E-state index in [0.717, 1.165) is 31.2 Å². The fourth-order valence-electron chi connectivity index (χ4n) is 2.10. The minimum absolute atomic E-state index is 0.585. The number of rotatable bonds is 2. The van der Waals surface area contributed by atoms with Gasteiger partial charge in [0.25, 0.3) is 0 Å². The Labute approximate surface area is 151 Å². The number of ether oxygens (including phenoxy) is 1. The fourth-order valence-corrected chi connectivity index (χ4v) is 3.87. The molecule has 0 atom stereocenters. The first-order valence-electron chi connectivity index (χ1n) is 7.15. The highest BCUT2D eigenvalue weighted by Crippen LogP contribution is 2.27. The second kappa shape index (κ2) is 7.21. The molecule has 4 aromatic rings. The van der Waals surface area contributed by atoms with Crippen LogP contribution in [0.15, 0.2) is 36.4 Å². The first kappa shape index (κ1) is 16.8. The quantitative estimate of drug-likeness (QED) is 0.522. The van der Waals surface area contributed by atoms with Gasteiger partial charge in [-0.3, -0.25) is 0 Å². The van der Waals surface area contributed by atoms with Gasteiger partial charge in [0, 0.05) is 5.02 Å². The molecule has 0 aliphatic carbocycles. The van der Waals surface area contributed by atoms with Crippen molar-refractivity contribution in [1.82, 2.24) is 9.97 Å². The first-order chi connectivity index (χ1) is 11.5. The maximum atomic E-state index is 5.77. The lowest BCUT2D eigenvalue weighted by atomic mass is 10.3. The number of nitrogen functional groups attached to an aromatic ring is 2. The van der Waals surface area contributed by atoms with Gasteiger partial charge in [-0.05, 0) is 43.3 Å². The summed E-state index contributed by atoms with van der Waals surface area (Å²) in [6.45, 7) is 2.64. The van der Waals surface area contributed by atoms with Crippen LogP contribution in [-0.4, -0.2) is 16.6 Å². The molecule has 5 nitrogen and oxygen atoms in total. The fraction of sp³-hybridized carbons (Fsp3) is 0.125. The third kappa shape index (κ3) is 3.87. The van der Waals surface area contributed by atoms with Crippen molar-refractivity contribution in [3.8, 4) is 5.75 Å². The Morgan fingerprint density at radius 1 is 0.958 bits per heavy atom. The topological polar surface area (TPSA) is 87.0 Å². The van der Waals surface area contributed by atoms with Gasteiger partial charge in [0.05, 0.1) is 27.0 Å². The van der Waals surface area contributed by atoms with Crippen molar-refractivity contribution in [2.45, 2.75) is 6.92 Å². The Morgan fingerprint density at radius 2 is 1.54 bits per heavy atom. The van der Waals surface area contributed by atoms with Crippen molar-refractivity contribution in [3.63, 3.8) is 0 Å². The summed E-state index contributed by atoms with van der Waals surface area (Å²) in [6.07, 6.45) is 0. The highest BCUT2D eigenvalue weighted by atomic mass is 35.5. The van der Waals surface area contributed by atoms with Crippen molar-refractivity contribution in [2.24, 2.45) is 0 Å². The molecule has 4 N–H and O–H groups in total. The normalized spacial score (nSPS) is 10.6. The zero-order valence-corrected chi connectivity index (χ0v) is 15.2. The van der Waals surface area contributed by atoms with Gasteiger partial charge in [0.1, 0.15) is 5.75 Å². The third-order valence-corrected chi connectivity index (χ3v) is 4.98. The van der Waals surface area contributed by atoms with Gasteiger partial charge in [0.15, 0.2) is 10.3 Å². The van der Waals surface area contributed by atoms with E-state index in [1.165, 1.54) is 22.7 Å². The van der Waals surface area contributed by atoms with Crippen LogP contribution in [0.5, 0.6) is 5.75 Å². The Kier molecular flexibility index (Phi) is 5.03. The molecule has 0 radical (unpaired) electrons. The Balaban J connectivity index is 0.000000143. The summed E-state index contributed by atoms with van der Waals surface area (Å²) in [5.74, 6) is 0.874. The van der Waals surface area contributed by atoms with Crippen molar-refractivity contribution in [3.05, 3.63) is 41.4 Å². The summed E-state index contributed by atoms with van der Waals surface area (Å²) < 4.78 is 7.47. The van der Waals surface area contributed by atoms with E-state index in [-0.39, 0.29) is 0 Å². The number of fused-ring (bicyclic) bond motifs is 2. The maximum Gasteiger partial charge on any atom is 0.181 e. The number of hydrogen-bond donors (Lipinski definition) is 2. The molecule has 0 fully saturated rings. The molecule has 0 spiro atoms. The van der Waals surface area contributed by atoms with E-state index in [1.807, 2.05) is 43.3 Å². The lowest BCUT2D eigenvalue weighted by Gasteiger charge is -2.00. The van der Waals surface area contributed by atoms with E-state index in [0.29, 0.717) is 16.9 Å². The summed E-state index contributed by atoms with van der Waals surface area (Å²) in [7, 11) is 0. The zero-order chi connectivity index (χ0) is 17.1. The number of nitrogens with zero attached hydrogens (tertiary/aromatic N) is 2. The molecular weight excluding hydrogens is 364 g/mol. The maximum absolute atomic E-state index is 5.77. The number of aromatic nitrogens is 2. The summed E-state index contributed by atoms with van der Waals surface area (Å²) in [5, 5.41) is 1.91. The van der Waals surface area contributed by atoms with Crippen LogP contribution in [0.3, 0.4) is 0 Å². The van der Waals surface area contributed by atoms with Crippen LogP contribution in [0, 0.1) is 0 Å². The lowest BCUT2D eigenvalue weighted by Crippen LogP contribution is -1.89. The molecule has 0 saturated carbocycles. The zero-order valence-electron chi connectivity index (χ0n) is 12.8. The summed E-state index contributed by atoms with van der Waals surface area (Å²) in [6, 6.07) is 11.3. The second-order valence-electron chi connectivity index (χ2n) is 4.78. The predicted molar refractivity (Wildman–Crippen MR) is 104 cm³/mol. The van der Waals surface area contributed by atoms with Crippen LogP contribution in [0.2, 0.25) is 5.02 Å². The number of nitrogens with two attached hydrogens (primary N) is 2. The van der Waals surface area contributed by atoms with Gasteiger partial charge in [0.2, 0.25) is 0 Å². The van der Waals surface area contributed by atoms with Crippen molar-refractivity contribution in [2.75, 3.05) is 18.1 Å². The summed E-state index contributed by atoms with van der Waals surface area (Å²) in [5.41, 5.74) is 12.9. The van der Waals surface area contributed by atoms with Crippen LogP contribution in [0.4, 0.5) is 10.3 Å². The molecule has 2 aromatic carbocycles. The van der Waals surface area contributed by atoms with Crippen LogP contribution >= 0.6 is 34.3 Å². The minimum Gasteiger partial charge on any atom is -0.494 e. The molecule has 2 heterocycles. The van der Waals surface area contributed by atoms with Crippen LogP contribution in [0.1, 0.15) is 6.92 Å². The number of hydrogen-bond acceptors (Lipinski definition) is 7. The van der Waals surface area contributed by atoms with E-state index in [1.54, 1.807) is 0 Å². The smallest absolute Gasteiger partial charge is 0.181 e. The van der Waals surface area contributed by atoms with Gasteiger partial charge in [-0.2, -0.15) is 0 Å². The summed E-state index contributed by atoms with van der Waals surface area (Å²) >= 11 is 8.69. The van der Waals surface area contributed by atoms with E-state index < -0.39 is 0 Å². The molecule has 4 rings (SSSR count). The Morgan fingerprint density at radius 3 is 2.17 bits per heavy atom.